The number of ketones is 1. The Kier molecular flexibility index (Phi) is 2.68. The molecule has 1 aromatic rings. The van der Waals surface area contributed by atoms with Crippen molar-refractivity contribution in [2.45, 2.75) is 12.8 Å². The van der Waals surface area contributed by atoms with E-state index in [2.05, 4.69) is 0 Å². The zero-order chi connectivity index (χ0) is 11.8. The summed E-state index contributed by atoms with van der Waals surface area (Å²) in [5.74, 6) is -0.352. The maximum absolute atomic E-state index is 13.1. The van der Waals surface area contributed by atoms with E-state index < -0.39 is 11.2 Å². The monoisotopic (exact) mass is 224 g/mol. The Morgan fingerprint density at radius 3 is 2.75 bits per heavy atom. The fraction of sp³-hybridized carbons (Fsp3) is 0.417. The van der Waals surface area contributed by atoms with Gasteiger partial charge in [0.05, 0.1) is 24.7 Å². The number of hydrogen-bond donors (Lipinski definition) is 1. The minimum absolute atomic E-state index is 0.189. The minimum atomic E-state index is -0.693. The summed E-state index contributed by atoms with van der Waals surface area (Å²) in [6.07, 6.45) is 1.31. The Balaban J connectivity index is 2.39. The Morgan fingerprint density at radius 1 is 1.56 bits per heavy atom. The van der Waals surface area contributed by atoms with Crippen LogP contribution in [0, 0.1) is 11.2 Å². The van der Waals surface area contributed by atoms with Gasteiger partial charge >= 0.3 is 0 Å². The SMILES string of the molecule is COc1ccc(F)cc1C(=O)C1(CO)CC1. The van der Waals surface area contributed by atoms with Gasteiger partial charge in [0, 0.05) is 0 Å². The molecule has 0 amide bonds. The van der Waals surface area contributed by atoms with Crippen LogP contribution >= 0.6 is 0 Å². The molecule has 16 heavy (non-hydrogen) atoms. The van der Waals surface area contributed by atoms with Crippen molar-refractivity contribution in [1.29, 1.82) is 0 Å². The van der Waals surface area contributed by atoms with Gasteiger partial charge in [0.2, 0.25) is 0 Å². The van der Waals surface area contributed by atoms with E-state index in [1.807, 2.05) is 0 Å². The van der Waals surface area contributed by atoms with Gasteiger partial charge in [0.25, 0.3) is 0 Å². The zero-order valence-electron chi connectivity index (χ0n) is 9.00. The first-order valence-electron chi connectivity index (χ1n) is 5.12. The van der Waals surface area contributed by atoms with E-state index in [9.17, 15) is 9.18 Å². The highest BCUT2D eigenvalue weighted by molar-refractivity contribution is 6.04. The smallest absolute Gasteiger partial charge is 0.175 e. The zero-order valence-corrected chi connectivity index (χ0v) is 9.00. The second-order valence-electron chi connectivity index (χ2n) is 4.11. The van der Waals surface area contributed by atoms with Gasteiger partial charge in [0.1, 0.15) is 11.6 Å². The molecular weight excluding hydrogens is 211 g/mol. The van der Waals surface area contributed by atoms with Crippen LogP contribution in [-0.2, 0) is 0 Å². The molecule has 1 aromatic carbocycles. The summed E-state index contributed by atoms with van der Waals surface area (Å²) in [5.41, 5.74) is -0.477. The van der Waals surface area contributed by atoms with Crippen molar-refractivity contribution in [2.24, 2.45) is 5.41 Å². The van der Waals surface area contributed by atoms with E-state index in [0.717, 1.165) is 6.07 Å². The minimum Gasteiger partial charge on any atom is -0.496 e. The van der Waals surface area contributed by atoms with Gasteiger partial charge in [0.15, 0.2) is 5.78 Å². The number of aliphatic hydroxyl groups is 1. The van der Waals surface area contributed by atoms with E-state index in [4.69, 9.17) is 9.84 Å². The maximum Gasteiger partial charge on any atom is 0.175 e. The summed E-state index contributed by atoms with van der Waals surface area (Å²) >= 11 is 0. The average Bonchev–Trinajstić information content (AvgIpc) is 3.09. The first-order chi connectivity index (χ1) is 7.63. The van der Waals surface area contributed by atoms with Crippen molar-refractivity contribution < 1.29 is 19.0 Å². The standard InChI is InChI=1S/C12H13FO3/c1-16-10-3-2-8(13)6-9(10)11(15)12(7-14)4-5-12/h2-3,6,14H,4-5,7H2,1H3. The Morgan fingerprint density at radius 2 is 2.25 bits per heavy atom. The van der Waals surface area contributed by atoms with Crippen LogP contribution in [0.15, 0.2) is 18.2 Å². The van der Waals surface area contributed by atoms with Crippen LogP contribution in [0.5, 0.6) is 5.75 Å². The van der Waals surface area contributed by atoms with E-state index in [1.54, 1.807) is 0 Å². The number of Topliss-reactive ketones (excluding diaryl/α,β-unsaturated/α-hetero) is 1. The third kappa shape index (κ3) is 1.69. The van der Waals surface area contributed by atoms with E-state index in [1.165, 1.54) is 19.2 Å². The molecule has 0 heterocycles. The molecule has 1 fully saturated rings. The van der Waals surface area contributed by atoms with Gasteiger partial charge in [-0.1, -0.05) is 0 Å². The summed E-state index contributed by atoms with van der Waals surface area (Å²) in [5, 5.41) is 9.17. The van der Waals surface area contributed by atoms with Crippen molar-refractivity contribution in [2.75, 3.05) is 13.7 Å². The molecule has 0 atom stereocenters. The van der Waals surface area contributed by atoms with Gasteiger partial charge in [-0.25, -0.2) is 4.39 Å². The van der Waals surface area contributed by atoms with Crippen LogP contribution in [0.4, 0.5) is 4.39 Å². The van der Waals surface area contributed by atoms with Crippen LogP contribution in [0.25, 0.3) is 0 Å². The van der Waals surface area contributed by atoms with Gasteiger partial charge in [-0.05, 0) is 31.0 Å². The molecule has 0 aliphatic heterocycles. The molecule has 0 bridgehead atoms. The summed E-state index contributed by atoms with van der Waals surface area (Å²) in [6.45, 7) is -0.189. The highest BCUT2D eigenvalue weighted by Gasteiger charge is 2.50. The molecule has 1 aliphatic carbocycles. The normalized spacial score (nSPS) is 16.9. The third-order valence-electron chi connectivity index (χ3n) is 3.04. The van der Waals surface area contributed by atoms with Gasteiger partial charge in [-0.15, -0.1) is 0 Å². The molecule has 86 valence electrons. The Hall–Kier alpha value is -1.42. The molecule has 1 aliphatic rings. The topological polar surface area (TPSA) is 46.5 Å². The summed E-state index contributed by atoms with van der Waals surface area (Å²) < 4.78 is 18.1. The second-order valence-corrected chi connectivity index (χ2v) is 4.11. The highest BCUT2D eigenvalue weighted by Crippen LogP contribution is 2.48. The number of aliphatic hydroxyl groups excluding tert-OH is 1. The largest absolute Gasteiger partial charge is 0.496 e. The Labute approximate surface area is 92.9 Å². The summed E-state index contributed by atoms with van der Waals surface area (Å²) in [6, 6.07) is 3.83. The van der Waals surface area contributed by atoms with Crippen molar-refractivity contribution >= 4 is 5.78 Å². The van der Waals surface area contributed by atoms with Crippen molar-refractivity contribution in [3.63, 3.8) is 0 Å². The number of rotatable bonds is 4. The lowest BCUT2D eigenvalue weighted by molar-refractivity contribution is 0.0826. The molecule has 1 N–H and O–H groups in total. The molecule has 0 unspecified atom stereocenters. The molecule has 0 aromatic heterocycles. The molecule has 3 nitrogen and oxygen atoms in total. The van der Waals surface area contributed by atoms with Gasteiger partial charge in [-0.3, -0.25) is 4.79 Å². The first-order valence-corrected chi connectivity index (χ1v) is 5.12. The molecule has 1 saturated carbocycles. The van der Waals surface area contributed by atoms with Crippen molar-refractivity contribution in [1.82, 2.24) is 0 Å². The third-order valence-corrected chi connectivity index (χ3v) is 3.04. The van der Waals surface area contributed by atoms with E-state index in [-0.39, 0.29) is 18.0 Å². The molecule has 4 heteroatoms. The average molecular weight is 224 g/mol. The molecule has 0 radical (unpaired) electrons. The summed E-state index contributed by atoms with van der Waals surface area (Å²) in [4.78, 5) is 12.1. The van der Waals surface area contributed by atoms with Crippen LogP contribution in [0.1, 0.15) is 23.2 Å². The van der Waals surface area contributed by atoms with Crippen molar-refractivity contribution in [3.05, 3.63) is 29.6 Å². The first kappa shape index (κ1) is 11.1. The fourth-order valence-electron chi connectivity index (χ4n) is 1.75. The lowest BCUT2D eigenvalue weighted by atomic mass is 9.95. The van der Waals surface area contributed by atoms with Crippen LogP contribution in [-0.4, -0.2) is 24.6 Å². The number of hydrogen-bond acceptors (Lipinski definition) is 3. The maximum atomic E-state index is 13.1. The number of halogens is 1. The molecular formula is C12H13FO3. The van der Waals surface area contributed by atoms with Crippen LogP contribution < -0.4 is 4.74 Å². The van der Waals surface area contributed by atoms with Crippen LogP contribution in [0.3, 0.4) is 0 Å². The molecule has 0 spiro atoms. The predicted octanol–water partition coefficient (Wildman–Crippen LogP) is 1.79. The number of ether oxygens (including phenoxy) is 1. The number of benzene rings is 1. The number of carbonyl (C=O) groups is 1. The highest BCUT2D eigenvalue weighted by atomic mass is 19.1. The predicted molar refractivity (Wildman–Crippen MR) is 56.0 cm³/mol. The van der Waals surface area contributed by atoms with Gasteiger partial charge < -0.3 is 9.84 Å². The lowest BCUT2D eigenvalue weighted by Crippen LogP contribution is -2.20. The van der Waals surface area contributed by atoms with E-state index >= 15 is 0 Å². The number of methoxy groups -OCH3 is 1. The molecule has 0 saturated heterocycles. The van der Waals surface area contributed by atoms with Gasteiger partial charge in [-0.2, -0.15) is 0 Å². The Bertz CT molecular complexity index is 424. The van der Waals surface area contributed by atoms with E-state index in [0.29, 0.717) is 18.6 Å². The molecule has 2 rings (SSSR count). The van der Waals surface area contributed by atoms with Crippen LogP contribution in [0.2, 0.25) is 0 Å². The quantitative estimate of drug-likeness (QED) is 0.793. The second kappa shape index (κ2) is 3.87. The van der Waals surface area contributed by atoms with Crippen molar-refractivity contribution in [3.8, 4) is 5.75 Å². The number of carbonyl (C=O) groups excluding carboxylic acids is 1. The fourth-order valence-corrected chi connectivity index (χ4v) is 1.75. The summed E-state index contributed by atoms with van der Waals surface area (Å²) in [7, 11) is 1.43. The lowest BCUT2D eigenvalue weighted by Gasteiger charge is -2.13.